The summed E-state index contributed by atoms with van der Waals surface area (Å²) in [6, 6.07) is 9.19. The van der Waals surface area contributed by atoms with Gasteiger partial charge in [-0.1, -0.05) is 6.92 Å². The molecule has 0 fully saturated rings. The number of hydrogen-bond donors (Lipinski definition) is 2. The Morgan fingerprint density at radius 3 is 2.60 bits per heavy atom. The lowest BCUT2D eigenvalue weighted by atomic mass is 9.99. The topological polar surface area (TPSA) is 84.9 Å². The first-order valence-corrected chi connectivity index (χ1v) is 8.80. The minimum absolute atomic E-state index is 0.300. The molecular weight excluding hydrogens is 342 g/mol. The maximum absolute atomic E-state index is 12.4. The van der Waals surface area contributed by atoms with E-state index in [9.17, 15) is 14.7 Å². The van der Waals surface area contributed by atoms with Crippen LogP contribution in [0.2, 0.25) is 0 Å². The molecule has 0 aliphatic carbocycles. The summed E-state index contributed by atoms with van der Waals surface area (Å²) in [7, 11) is 0. The molecule has 1 atom stereocenters. The maximum atomic E-state index is 12.4. The highest BCUT2D eigenvalue weighted by Gasteiger charge is 2.33. The molecule has 0 saturated heterocycles. The first-order valence-electron chi connectivity index (χ1n) is 7.99. The van der Waals surface area contributed by atoms with Crippen LogP contribution in [0, 0.1) is 0 Å². The van der Waals surface area contributed by atoms with E-state index >= 15 is 0 Å². The number of nitrogens with one attached hydrogen (secondary N) is 1. The molecular formula is C18H19NO5S. The summed E-state index contributed by atoms with van der Waals surface area (Å²) in [5.74, 6) is -0.0372. The molecule has 2 N–H and O–H groups in total. The third-order valence-corrected chi connectivity index (χ3v) is 5.36. The molecule has 132 valence electrons. The number of benzene rings is 1. The number of amides is 1. The molecule has 2 aromatic rings. The molecule has 1 aliphatic heterocycles. The molecule has 1 aromatic carbocycles. The molecule has 1 aromatic heterocycles. The largest absolute Gasteiger partial charge is 0.486 e. The molecule has 0 radical (unpaired) electrons. The molecule has 0 saturated carbocycles. The van der Waals surface area contributed by atoms with Crippen molar-refractivity contribution in [1.29, 1.82) is 0 Å². The van der Waals surface area contributed by atoms with Crippen molar-refractivity contribution < 1.29 is 24.2 Å². The van der Waals surface area contributed by atoms with Crippen LogP contribution in [0.3, 0.4) is 0 Å². The van der Waals surface area contributed by atoms with Crippen LogP contribution in [0.5, 0.6) is 11.5 Å². The highest BCUT2D eigenvalue weighted by atomic mass is 32.1. The predicted octanol–water partition coefficient (Wildman–Crippen LogP) is 3.17. The number of hydrogen-bond acceptors (Lipinski definition) is 5. The Balaban J connectivity index is 1.80. The molecule has 1 amide bonds. The third kappa shape index (κ3) is 3.46. The Morgan fingerprint density at radius 2 is 1.92 bits per heavy atom. The number of carbonyl (C=O) groups is 2. The van der Waals surface area contributed by atoms with Crippen molar-refractivity contribution in [3.05, 3.63) is 35.2 Å². The van der Waals surface area contributed by atoms with E-state index in [4.69, 9.17) is 9.47 Å². The second kappa shape index (κ2) is 6.76. The summed E-state index contributed by atoms with van der Waals surface area (Å²) < 4.78 is 11.1. The van der Waals surface area contributed by atoms with Crippen LogP contribution >= 0.6 is 11.3 Å². The first-order chi connectivity index (χ1) is 11.9. The van der Waals surface area contributed by atoms with Crippen LogP contribution in [0.4, 0.5) is 0 Å². The standard InChI is InChI=1S/C18H19NO5S/c1-3-18(2,17(21)22)19-16(20)15-7-6-14(25-15)11-4-5-12-13(10-11)24-9-8-23-12/h4-7,10H,3,8-9H2,1-2H3,(H,19,20)(H,21,22). The van der Waals surface area contributed by atoms with Crippen molar-refractivity contribution >= 4 is 23.2 Å². The van der Waals surface area contributed by atoms with Crippen molar-refractivity contribution in [1.82, 2.24) is 5.32 Å². The van der Waals surface area contributed by atoms with E-state index in [2.05, 4.69) is 5.32 Å². The quantitative estimate of drug-likeness (QED) is 0.854. The monoisotopic (exact) mass is 361 g/mol. The van der Waals surface area contributed by atoms with Crippen LogP contribution in [0.25, 0.3) is 10.4 Å². The highest BCUT2D eigenvalue weighted by molar-refractivity contribution is 7.17. The average Bonchev–Trinajstić information content (AvgIpc) is 3.11. The molecule has 1 aliphatic rings. The predicted molar refractivity (Wildman–Crippen MR) is 94.5 cm³/mol. The van der Waals surface area contributed by atoms with Gasteiger partial charge < -0.3 is 19.9 Å². The lowest BCUT2D eigenvalue weighted by Gasteiger charge is -2.24. The molecule has 0 bridgehead atoms. The normalized spacial score (nSPS) is 15.3. The van der Waals surface area contributed by atoms with Gasteiger partial charge in [-0.25, -0.2) is 4.79 Å². The van der Waals surface area contributed by atoms with E-state index in [1.54, 1.807) is 13.0 Å². The number of thiophene rings is 1. The summed E-state index contributed by atoms with van der Waals surface area (Å²) in [6.07, 6.45) is 0.300. The number of carboxylic acids is 1. The minimum Gasteiger partial charge on any atom is -0.486 e. The van der Waals surface area contributed by atoms with Crippen molar-refractivity contribution in [2.24, 2.45) is 0 Å². The van der Waals surface area contributed by atoms with Gasteiger partial charge in [0.1, 0.15) is 18.8 Å². The van der Waals surface area contributed by atoms with Crippen molar-refractivity contribution in [2.45, 2.75) is 25.8 Å². The van der Waals surface area contributed by atoms with Crippen molar-refractivity contribution in [3.63, 3.8) is 0 Å². The van der Waals surface area contributed by atoms with Gasteiger partial charge >= 0.3 is 5.97 Å². The second-order valence-electron chi connectivity index (χ2n) is 5.97. The van der Waals surface area contributed by atoms with Gasteiger partial charge in [0.05, 0.1) is 4.88 Å². The van der Waals surface area contributed by atoms with Gasteiger partial charge in [0.2, 0.25) is 0 Å². The first kappa shape index (κ1) is 17.3. The highest BCUT2D eigenvalue weighted by Crippen LogP contribution is 2.37. The summed E-state index contributed by atoms with van der Waals surface area (Å²) in [5, 5.41) is 11.9. The van der Waals surface area contributed by atoms with Gasteiger partial charge in [0, 0.05) is 4.88 Å². The van der Waals surface area contributed by atoms with E-state index in [1.807, 2.05) is 24.3 Å². The Hall–Kier alpha value is -2.54. The summed E-state index contributed by atoms with van der Waals surface area (Å²) in [5.41, 5.74) is -0.358. The Kier molecular flexibility index (Phi) is 4.67. The smallest absolute Gasteiger partial charge is 0.329 e. The van der Waals surface area contributed by atoms with Crippen LogP contribution in [-0.2, 0) is 4.79 Å². The Morgan fingerprint density at radius 1 is 1.20 bits per heavy atom. The number of ether oxygens (including phenoxy) is 2. The van der Waals surface area contributed by atoms with Crippen LogP contribution in [0.1, 0.15) is 29.9 Å². The fraction of sp³-hybridized carbons (Fsp3) is 0.333. The van der Waals surface area contributed by atoms with Crippen molar-refractivity contribution in [3.8, 4) is 21.9 Å². The molecule has 0 spiro atoms. The fourth-order valence-electron chi connectivity index (χ4n) is 2.42. The summed E-state index contributed by atoms with van der Waals surface area (Å²) in [4.78, 5) is 25.1. The molecule has 7 heteroatoms. The maximum Gasteiger partial charge on any atom is 0.329 e. The number of rotatable bonds is 5. The number of aliphatic carboxylic acids is 1. The number of carbonyl (C=O) groups excluding carboxylic acids is 1. The molecule has 3 rings (SSSR count). The molecule has 2 heterocycles. The molecule has 25 heavy (non-hydrogen) atoms. The Bertz CT molecular complexity index is 816. The zero-order chi connectivity index (χ0) is 18.0. The summed E-state index contributed by atoms with van der Waals surface area (Å²) >= 11 is 1.31. The van der Waals surface area contributed by atoms with Gasteiger partial charge in [0.25, 0.3) is 5.91 Å². The van der Waals surface area contributed by atoms with Crippen molar-refractivity contribution in [2.75, 3.05) is 13.2 Å². The minimum atomic E-state index is -1.28. The molecule has 1 unspecified atom stereocenters. The van der Waals surface area contributed by atoms with E-state index in [1.165, 1.54) is 18.3 Å². The SMILES string of the molecule is CCC(C)(NC(=O)c1ccc(-c2ccc3c(c2)OCCO3)s1)C(=O)O. The van der Waals surface area contributed by atoms with Gasteiger partial charge in [-0.15, -0.1) is 11.3 Å². The lowest BCUT2D eigenvalue weighted by Crippen LogP contribution is -2.51. The van der Waals surface area contributed by atoms with Crippen LogP contribution < -0.4 is 14.8 Å². The Labute approximate surface area is 149 Å². The van der Waals surface area contributed by atoms with E-state index in [0.717, 1.165) is 10.4 Å². The zero-order valence-electron chi connectivity index (χ0n) is 14.0. The second-order valence-corrected chi connectivity index (χ2v) is 7.05. The number of fused-ring (bicyclic) bond motifs is 1. The van der Waals surface area contributed by atoms with Crippen LogP contribution in [0.15, 0.2) is 30.3 Å². The van der Waals surface area contributed by atoms with E-state index in [0.29, 0.717) is 36.0 Å². The third-order valence-electron chi connectivity index (χ3n) is 4.23. The van der Waals surface area contributed by atoms with Gasteiger partial charge in [-0.2, -0.15) is 0 Å². The van der Waals surface area contributed by atoms with Gasteiger partial charge in [-0.3, -0.25) is 4.79 Å². The zero-order valence-corrected chi connectivity index (χ0v) is 14.8. The number of carboxylic acid groups (broad SMARTS) is 1. The van der Waals surface area contributed by atoms with E-state index in [-0.39, 0.29) is 5.91 Å². The van der Waals surface area contributed by atoms with Gasteiger partial charge in [0.15, 0.2) is 11.5 Å². The summed E-state index contributed by atoms with van der Waals surface area (Å²) in [6.45, 7) is 4.28. The average molecular weight is 361 g/mol. The fourth-order valence-corrected chi connectivity index (χ4v) is 3.31. The van der Waals surface area contributed by atoms with E-state index < -0.39 is 11.5 Å². The van der Waals surface area contributed by atoms with Crippen LogP contribution in [-0.4, -0.2) is 35.7 Å². The lowest BCUT2D eigenvalue weighted by molar-refractivity contribution is -0.143. The van der Waals surface area contributed by atoms with Gasteiger partial charge in [-0.05, 0) is 49.2 Å². The molecule has 6 nitrogen and oxygen atoms in total.